The molecule has 3 N–H and O–H groups in total. The minimum absolute atomic E-state index is 0.0275. The van der Waals surface area contributed by atoms with Gasteiger partial charge in [-0.3, -0.25) is 0 Å². The molecule has 0 aromatic rings. The molecule has 0 bridgehead atoms. The zero-order valence-corrected chi connectivity index (χ0v) is 22.9. The summed E-state index contributed by atoms with van der Waals surface area (Å²) in [4.78, 5) is 0. The molecule has 4 aliphatic carbocycles. The fourth-order valence-electron chi connectivity index (χ4n) is 10.6. The lowest BCUT2D eigenvalue weighted by Crippen LogP contribution is -2.61. The van der Waals surface area contributed by atoms with Crippen LogP contribution in [0.4, 0.5) is 0 Å². The van der Waals surface area contributed by atoms with Gasteiger partial charge in [0.1, 0.15) is 0 Å². The highest BCUT2D eigenvalue weighted by atomic mass is 16.3. The van der Waals surface area contributed by atoms with Crippen molar-refractivity contribution in [3.05, 3.63) is 0 Å². The molecule has 0 aliphatic heterocycles. The van der Waals surface area contributed by atoms with E-state index in [1.54, 1.807) is 0 Å². The van der Waals surface area contributed by atoms with Crippen LogP contribution in [0.25, 0.3) is 0 Å². The largest absolute Gasteiger partial charge is 0.393 e. The van der Waals surface area contributed by atoms with Crippen LogP contribution in [0.3, 0.4) is 0 Å². The Bertz CT molecular complexity index is 717. The highest BCUT2D eigenvalue weighted by molar-refractivity contribution is 5.16. The van der Waals surface area contributed by atoms with Gasteiger partial charge < -0.3 is 15.3 Å². The molecular formula is C30H54O3. The second-order valence-electron chi connectivity index (χ2n) is 14.8. The maximum absolute atomic E-state index is 10.8. The number of aliphatic hydroxyl groups excluding tert-OH is 3. The van der Waals surface area contributed by atoms with Crippen LogP contribution in [0.2, 0.25) is 0 Å². The lowest BCUT2D eigenvalue weighted by molar-refractivity contribution is -0.201. The van der Waals surface area contributed by atoms with E-state index in [0.717, 1.165) is 24.7 Å². The van der Waals surface area contributed by atoms with Gasteiger partial charge in [0, 0.05) is 0 Å². The van der Waals surface area contributed by atoms with Crippen LogP contribution in [0, 0.1) is 57.2 Å². The van der Waals surface area contributed by atoms with E-state index in [4.69, 9.17) is 0 Å². The summed E-state index contributed by atoms with van der Waals surface area (Å²) < 4.78 is 0. The molecular weight excluding hydrogens is 408 g/mol. The molecule has 0 amide bonds. The van der Waals surface area contributed by atoms with Crippen LogP contribution in [0.1, 0.15) is 113 Å². The lowest BCUT2D eigenvalue weighted by atomic mass is 9.38. The summed E-state index contributed by atoms with van der Waals surface area (Å²) in [5.74, 6) is 3.36. The molecule has 0 heterocycles. The molecule has 4 fully saturated rings. The number of aliphatic hydroxyl groups is 3. The van der Waals surface area contributed by atoms with Crippen molar-refractivity contribution in [2.75, 3.05) is 0 Å². The second-order valence-corrected chi connectivity index (χ2v) is 14.8. The minimum Gasteiger partial charge on any atom is -0.393 e. The Kier molecular flexibility index (Phi) is 6.67. The lowest BCUT2D eigenvalue weighted by Gasteiger charge is -2.67. The molecule has 3 heteroatoms. The van der Waals surface area contributed by atoms with E-state index in [0.29, 0.717) is 34.0 Å². The van der Waals surface area contributed by atoms with Crippen molar-refractivity contribution in [1.29, 1.82) is 0 Å². The van der Waals surface area contributed by atoms with E-state index in [2.05, 4.69) is 41.5 Å². The van der Waals surface area contributed by atoms with Gasteiger partial charge in [-0.05, 0) is 115 Å². The van der Waals surface area contributed by atoms with Crippen molar-refractivity contribution in [2.45, 2.75) is 131 Å². The van der Waals surface area contributed by atoms with Gasteiger partial charge in [0.05, 0.1) is 18.3 Å². The molecule has 0 saturated heterocycles. The minimum atomic E-state index is -0.621. The molecule has 11 atom stereocenters. The van der Waals surface area contributed by atoms with E-state index < -0.39 is 12.2 Å². The van der Waals surface area contributed by atoms with Crippen molar-refractivity contribution in [1.82, 2.24) is 0 Å². The second kappa shape index (κ2) is 8.48. The van der Waals surface area contributed by atoms with Gasteiger partial charge in [-0.1, -0.05) is 55.4 Å². The van der Waals surface area contributed by atoms with Crippen LogP contribution < -0.4 is 0 Å². The molecule has 0 aromatic carbocycles. The molecule has 0 radical (unpaired) electrons. The van der Waals surface area contributed by atoms with Crippen molar-refractivity contribution in [3.63, 3.8) is 0 Å². The fraction of sp³-hybridized carbons (Fsp3) is 1.00. The number of hydrogen-bond donors (Lipinski definition) is 3. The molecule has 4 rings (SSSR count). The van der Waals surface area contributed by atoms with Gasteiger partial charge in [-0.2, -0.15) is 0 Å². The highest BCUT2D eigenvalue weighted by Gasteiger charge is 2.67. The summed E-state index contributed by atoms with van der Waals surface area (Å²) in [6.45, 7) is 18.8. The Hall–Kier alpha value is -0.120. The van der Waals surface area contributed by atoms with Crippen LogP contribution in [0.5, 0.6) is 0 Å². The van der Waals surface area contributed by atoms with E-state index >= 15 is 0 Å². The Morgan fingerprint density at radius 3 is 2.03 bits per heavy atom. The van der Waals surface area contributed by atoms with E-state index in [-0.39, 0.29) is 17.4 Å². The monoisotopic (exact) mass is 462 g/mol. The average Bonchev–Trinajstić information content (AvgIpc) is 3.02. The van der Waals surface area contributed by atoms with E-state index in [1.807, 2.05) is 13.8 Å². The fourth-order valence-corrected chi connectivity index (χ4v) is 10.6. The van der Waals surface area contributed by atoms with Gasteiger partial charge in [0.15, 0.2) is 0 Å². The Labute approximate surface area is 204 Å². The number of fused-ring (bicyclic) bond motifs is 5. The van der Waals surface area contributed by atoms with E-state index in [1.165, 1.54) is 44.9 Å². The van der Waals surface area contributed by atoms with Gasteiger partial charge in [-0.15, -0.1) is 0 Å². The maximum Gasteiger partial charge on any atom is 0.0822 e. The zero-order chi connectivity index (χ0) is 24.6. The van der Waals surface area contributed by atoms with Crippen LogP contribution in [-0.2, 0) is 0 Å². The van der Waals surface area contributed by atoms with E-state index in [9.17, 15) is 15.3 Å². The molecule has 11 unspecified atom stereocenters. The zero-order valence-electron chi connectivity index (χ0n) is 22.9. The Morgan fingerprint density at radius 1 is 0.758 bits per heavy atom. The number of hydrogen-bond acceptors (Lipinski definition) is 3. The SMILES string of the molecule is CC(C)C(O)C(O)CC(C)C1CCC2(C)C3CCC4C(C)(C)C(O)CCC4(C)C3CCC12C. The molecule has 0 aromatic heterocycles. The standard InChI is InChI=1S/C30H54O3/c1-18(2)26(33)23(31)17-19(3)20-11-15-30(8)22-9-10-24-27(4,5)25(32)13-14-28(24,6)21(22)12-16-29(20,30)7/h18-26,31-33H,9-17H2,1-8H3. The predicted molar refractivity (Wildman–Crippen MR) is 136 cm³/mol. The first-order valence-electron chi connectivity index (χ1n) is 14.2. The van der Waals surface area contributed by atoms with Crippen molar-refractivity contribution in [3.8, 4) is 0 Å². The van der Waals surface area contributed by atoms with Crippen LogP contribution >= 0.6 is 0 Å². The summed E-state index contributed by atoms with van der Waals surface area (Å²) >= 11 is 0. The van der Waals surface area contributed by atoms with Crippen LogP contribution in [-0.4, -0.2) is 33.6 Å². The Balaban J connectivity index is 1.56. The third-order valence-corrected chi connectivity index (χ3v) is 12.9. The maximum atomic E-state index is 10.8. The molecule has 0 spiro atoms. The number of rotatable bonds is 5. The smallest absolute Gasteiger partial charge is 0.0822 e. The predicted octanol–water partition coefficient (Wildman–Crippen LogP) is 6.44. The normalized spacial score (nSPS) is 49.6. The summed E-state index contributed by atoms with van der Waals surface area (Å²) in [5, 5.41) is 32.0. The summed E-state index contributed by atoms with van der Waals surface area (Å²) in [5.41, 5.74) is 1.07. The van der Waals surface area contributed by atoms with Gasteiger partial charge in [-0.25, -0.2) is 0 Å². The summed E-state index contributed by atoms with van der Waals surface area (Å²) in [6.07, 6.45) is 9.29. The Morgan fingerprint density at radius 2 is 1.39 bits per heavy atom. The summed E-state index contributed by atoms with van der Waals surface area (Å²) in [6, 6.07) is 0. The van der Waals surface area contributed by atoms with Crippen molar-refractivity contribution >= 4 is 0 Å². The molecule has 33 heavy (non-hydrogen) atoms. The topological polar surface area (TPSA) is 60.7 Å². The third-order valence-electron chi connectivity index (χ3n) is 12.9. The van der Waals surface area contributed by atoms with Crippen molar-refractivity contribution in [2.24, 2.45) is 57.2 Å². The first-order valence-corrected chi connectivity index (χ1v) is 14.2. The third kappa shape index (κ3) is 3.69. The average molecular weight is 463 g/mol. The van der Waals surface area contributed by atoms with Gasteiger partial charge in [0.25, 0.3) is 0 Å². The van der Waals surface area contributed by atoms with Gasteiger partial charge in [0.2, 0.25) is 0 Å². The molecule has 4 saturated carbocycles. The molecule has 192 valence electrons. The molecule has 4 aliphatic rings. The van der Waals surface area contributed by atoms with Gasteiger partial charge >= 0.3 is 0 Å². The highest BCUT2D eigenvalue weighted by Crippen LogP contribution is 2.74. The first kappa shape index (κ1) is 26.0. The van der Waals surface area contributed by atoms with Crippen LogP contribution in [0.15, 0.2) is 0 Å². The summed E-state index contributed by atoms with van der Waals surface area (Å²) in [7, 11) is 0. The quantitative estimate of drug-likeness (QED) is 0.441. The van der Waals surface area contributed by atoms with Crippen molar-refractivity contribution < 1.29 is 15.3 Å². The molecule has 3 nitrogen and oxygen atoms in total. The first-order chi connectivity index (χ1) is 15.2.